The Morgan fingerprint density at radius 1 is 0.810 bits per heavy atom. The first-order valence-electron chi connectivity index (χ1n) is 6.46. The molecule has 0 spiro atoms. The SMILES string of the molecule is O=c1ccc2ccccc2o1.c1ccc2ncncc2c1. The molecule has 0 amide bonds. The molecule has 4 nitrogen and oxygen atoms in total. The van der Waals surface area contributed by atoms with Crippen molar-refractivity contribution in [1.82, 2.24) is 9.97 Å². The summed E-state index contributed by atoms with van der Waals surface area (Å²) >= 11 is 0. The maximum Gasteiger partial charge on any atom is 0.336 e. The summed E-state index contributed by atoms with van der Waals surface area (Å²) in [5.74, 6) is 0. The Bertz CT molecular complexity index is 866. The summed E-state index contributed by atoms with van der Waals surface area (Å²) in [5.41, 5.74) is 1.33. The van der Waals surface area contributed by atoms with Gasteiger partial charge in [0.2, 0.25) is 0 Å². The summed E-state index contributed by atoms with van der Waals surface area (Å²) in [6.07, 6.45) is 3.37. The molecule has 0 fully saturated rings. The molecule has 0 radical (unpaired) electrons. The van der Waals surface area contributed by atoms with Gasteiger partial charge in [0.15, 0.2) is 0 Å². The second-order valence-corrected chi connectivity index (χ2v) is 4.37. The number of hydrogen-bond acceptors (Lipinski definition) is 4. The van der Waals surface area contributed by atoms with Gasteiger partial charge in [0.05, 0.1) is 5.52 Å². The number of hydrogen-bond donors (Lipinski definition) is 0. The molecule has 0 aliphatic rings. The van der Waals surface area contributed by atoms with Gasteiger partial charge in [-0.3, -0.25) is 0 Å². The molecule has 0 aliphatic carbocycles. The molecule has 2 aromatic carbocycles. The molecule has 21 heavy (non-hydrogen) atoms. The number of benzene rings is 2. The van der Waals surface area contributed by atoms with E-state index in [-0.39, 0.29) is 5.63 Å². The van der Waals surface area contributed by atoms with Crippen LogP contribution in [0.1, 0.15) is 0 Å². The summed E-state index contributed by atoms with van der Waals surface area (Å²) in [5, 5.41) is 2.04. The van der Waals surface area contributed by atoms with Gasteiger partial charge in [-0.2, -0.15) is 0 Å². The van der Waals surface area contributed by atoms with Crippen molar-refractivity contribution in [2.24, 2.45) is 0 Å². The van der Waals surface area contributed by atoms with Gasteiger partial charge in [-0.15, -0.1) is 0 Å². The molecule has 0 unspecified atom stereocenters. The van der Waals surface area contributed by atoms with Crippen LogP contribution in [0, 0.1) is 0 Å². The summed E-state index contributed by atoms with van der Waals surface area (Å²) in [4.78, 5) is 18.7. The van der Waals surface area contributed by atoms with Crippen LogP contribution in [0.4, 0.5) is 0 Å². The lowest BCUT2D eigenvalue weighted by Gasteiger charge is -1.91. The van der Waals surface area contributed by atoms with Crippen LogP contribution in [-0.4, -0.2) is 9.97 Å². The van der Waals surface area contributed by atoms with Gasteiger partial charge >= 0.3 is 5.63 Å². The van der Waals surface area contributed by atoms with E-state index in [1.54, 1.807) is 18.5 Å². The zero-order valence-electron chi connectivity index (χ0n) is 11.1. The van der Waals surface area contributed by atoms with E-state index in [9.17, 15) is 4.79 Å². The summed E-state index contributed by atoms with van der Waals surface area (Å²) in [6, 6.07) is 18.5. The Balaban J connectivity index is 0.000000126. The van der Waals surface area contributed by atoms with Gasteiger partial charge in [-0.05, 0) is 18.2 Å². The highest BCUT2D eigenvalue weighted by Crippen LogP contribution is 2.09. The normalized spacial score (nSPS) is 10.1. The number of fused-ring (bicyclic) bond motifs is 2. The van der Waals surface area contributed by atoms with Gasteiger partial charge in [0, 0.05) is 23.0 Å². The Morgan fingerprint density at radius 3 is 2.43 bits per heavy atom. The number of rotatable bonds is 0. The topological polar surface area (TPSA) is 56.0 Å². The Labute approximate surface area is 120 Å². The smallest absolute Gasteiger partial charge is 0.336 e. The Hall–Kier alpha value is -3.01. The first-order valence-corrected chi connectivity index (χ1v) is 6.46. The summed E-state index contributed by atoms with van der Waals surface area (Å²) < 4.78 is 4.91. The highest BCUT2D eigenvalue weighted by Gasteiger charge is 1.92. The van der Waals surface area contributed by atoms with Crippen LogP contribution in [0.2, 0.25) is 0 Å². The fourth-order valence-corrected chi connectivity index (χ4v) is 1.93. The van der Waals surface area contributed by atoms with Crippen LogP contribution >= 0.6 is 0 Å². The van der Waals surface area contributed by atoms with E-state index < -0.39 is 0 Å². The molecule has 0 saturated heterocycles. The van der Waals surface area contributed by atoms with Crippen molar-refractivity contribution in [1.29, 1.82) is 0 Å². The lowest BCUT2D eigenvalue weighted by Crippen LogP contribution is -1.93. The third-order valence-electron chi connectivity index (χ3n) is 2.94. The van der Waals surface area contributed by atoms with Gasteiger partial charge in [-0.25, -0.2) is 14.8 Å². The largest absolute Gasteiger partial charge is 0.423 e. The van der Waals surface area contributed by atoms with Crippen LogP contribution < -0.4 is 5.63 Å². The van der Waals surface area contributed by atoms with E-state index in [4.69, 9.17) is 4.42 Å². The number of nitrogens with zero attached hydrogens (tertiary/aromatic N) is 2. The number of para-hydroxylation sites is 2. The quantitative estimate of drug-likeness (QED) is 0.462. The van der Waals surface area contributed by atoms with E-state index in [1.807, 2.05) is 48.7 Å². The summed E-state index contributed by atoms with van der Waals surface area (Å²) in [7, 11) is 0. The van der Waals surface area contributed by atoms with Crippen LogP contribution in [-0.2, 0) is 0 Å². The molecule has 0 saturated carbocycles. The lowest BCUT2D eigenvalue weighted by atomic mass is 10.2. The monoisotopic (exact) mass is 276 g/mol. The molecule has 0 atom stereocenters. The van der Waals surface area contributed by atoms with E-state index in [2.05, 4.69) is 9.97 Å². The predicted octanol–water partition coefficient (Wildman–Crippen LogP) is 3.42. The van der Waals surface area contributed by atoms with E-state index in [0.717, 1.165) is 16.3 Å². The molecule has 102 valence electrons. The first-order chi connectivity index (χ1) is 10.3. The van der Waals surface area contributed by atoms with Crippen molar-refractivity contribution in [2.75, 3.05) is 0 Å². The zero-order chi connectivity index (χ0) is 14.5. The average molecular weight is 276 g/mol. The molecule has 4 aromatic rings. The molecular weight excluding hydrogens is 264 g/mol. The maximum atomic E-state index is 10.7. The zero-order valence-corrected chi connectivity index (χ0v) is 11.1. The van der Waals surface area contributed by atoms with Crippen molar-refractivity contribution in [2.45, 2.75) is 0 Å². The van der Waals surface area contributed by atoms with E-state index >= 15 is 0 Å². The third kappa shape index (κ3) is 3.12. The Kier molecular flexibility index (Phi) is 3.69. The van der Waals surface area contributed by atoms with Gasteiger partial charge in [0.1, 0.15) is 11.9 Å². The molecule has 0 bridgehead atoms. The molecule has 2 aromatic heterocycles. The minimum absolute atomic E-state index is 0.302. The fraction of sp³-hybridized carbons (Fsp3) is 0. The second kappa shape index (κ2) is 5.96. The van der Waals surface area contributed by atoms with Gasteiger partial charge < -0.3 is 4.42 Å². The highest BCUT2D eigenvalue weighted by molar-refractivity contribution is 5.77. The van der Waals surface area contributed by atoms with Crippen molar-refractivity contribution in [3.05, 3.63) is 83.6 Å². The van der Waals surface area contributed by atoms with Crippen LogP contribution in [0.25, 0.3) is 21.9 Å². The molecule has 0 aliphatic heterocycles. The Morgan fingerprint density at radius 2 is 1.57 bits per heavy atom. The van der Waals surface area contributed by atoms with Crippen molar-refractivity contribution in [3.63, 3.8) is 0 Å². The summed E-state index contributed by atoms with van der Waals surface area (Å²) in [6.45, 7) is 0. The minimum Gasteiger partial charge on any atom is -0.423 e. The van der Waals surface area contributed by atoms with Crippen molar-refractivity contribution >= 4 is 21.9 Å². The highest BCUT2D eigenvalue weighted by atomic mass is 16.4. The first kappa shape index (κ1) is 13.0. The molecule has 4 heteroatoms. The molecule has 4 rings (SSSR count). The number of aromatic nitrogens is 2. The molecule has 2 heterocycles. The standard InChI is InChI=1S/C9H6O2.C8H6N2/c10-9-6-5-7-3-1-2-4-8(7)11-9;1-2-4-8-7(3-1)5-9-6-10-8/h1-6H;1-6H. The predicted molar refractivity (Wildman–Crippen MR) is 82.0 cm³/mol. The average Bonchev–Trinajstić information content (AvgIpc) is 2.55. The van der Waals surface area contributed by atoms with Crippen LogP contribution in [0.5, 0.6) is 0 Å². The minimum atomic E-state index is -0.302. The lowest BCUT2D eigenvalue weighted by molar-refractivity contribution is 0.561. The van der Waals surface area contributed by atoms with Crippen molar-refractivity contribution < 1.29 is 4.42 Å². The van der Waals surface area contributed by atoms with Crippen LogP contribution in [0.3, 0.4) is 0 Å². The maximum absolute atomic E-state index is 10.7. The van der Waals surface area contributed by atoms with Crippen molar-refractivity contribution in [3.8, 4) is 0 Å². The van der Waals surface area contributed by atoms with Crippen LogP contribution in [0.15, 0.2) is 82.4 Å². The second-order valence-electron chi connectivity index (χ2n) is 4.37. The van der Waals surface area contributed by atoms with Gasteiger partial charge in [-0.1, -0.05) is 36.4 Å². The van der Waals surface area contributed by atoms with E-state index in [0.29, 0.717) is 5.58 Å². The fourth-order valence-electron chi connectivity index (χ4n) is 1.93. The molecular formula is C17H12N2O2. The molecule has 0 N–H and O–H groups in total. The third-order valence-corrected chi connectivity index (χ3v) is 2.94. The van der Waals surface area contributed by atoms with Gasteiger partial charge in [0.25, 0.3) is 0 Å². The van der Waals surface area contributed by atoms with E-state index in [1.165, 1.54) is 6.07 Å².